The molecule has 2 rings (SSSR count). The highest BCUT2D eigenvalue weighted by molar-refractivity contribution is 6.39. The Morgan fingerprint density at radius 2 is 1.81 bits per heavy atom. The van der Waals surface area contributed by atoms with Crippen LogP contribution in [0.1, 0.15) is 19.4 Å². The van der Waals surface area contributed by atoms with Crippen LogP contribution in [0.4, 0.5) is 0 Å². The Bertz CT molecular complexity index is 800. The molecule has 110 valence electrons. The second-order valence-electron chi connectivity index (χ2n) is 4.43. The minimum atomic E-state index is -0.337. The number of benzene rings is 1. The lowest BCUT2D eigenvalue weighted by Crippen LogP contribution is -2.20. The summed E-state index contributed by atoms with van der Waals surface area (Å²) in [5.41, 5.74) is 0.744. The van der Waals surface area contributed by atoms with Gasteiger partial charge in [-0.15, -0.1) is 5.92 Å². The monoisotopic (exact) mass is 324 g/mol. The molecule has 0 amide bonds. The average Bonchev–Trinajstić information content (AvgIpc) is 2.62. The zero-order chi connectivity index (χ0) is 15.7. The van der Waals surface area contributed by atoms with Crippen LogP contribution in [0.25, 0.3) is 11.1 Å². The van der Waals surface area contributed by atoms with Gasteiger partial charge in [-0.25, -0.2) is 4.68 Å². The van der Waals surface area contributed by atoms with Gasteiger partial charge in [-0.05, 0) is 26.0 Å². The molecule has 0 spiro atoms. The third-order valence-electron chi connectivity index (χ3n) is 3.20. The first-order valence-corrected chi connectivity index (χ1v) is 7.08. The minimum Gasteiger partial charge on any atom is -0.493 e. The van der Waals surface area contributed by atoms with E-state index in [0.29, 0.717) is 17.7 Å². The molecule has 1 N–H and O–H groups in total. The molecule has 0 radical (unpaired) electrons. The summed E-state index contributed by atoms with van der Waals surface area (Å²) in [6.45, 7) is 3.95. The Morgan fingerprint density at radius 3 is 2.24 bits per heavy atom. The predicted molar refractivity (Wildman–Crippen MR) is 85.0 cm³/mol. The van der Waals surface area contributed by atoms with E-state index in [1.807, 2.05) is 6.92 Å². The number of aromatic hydroxyl groups is 1. The predicted octanol–water partition coefficient (Wildman–Crippen LogP) is 3.26. The molecule has 0 aliphatic carbocycles. The fourth-order valence-corrected chi connectivity index (χ4v) is 2.92. The van der Waals surface area contributed by atoms with Gasteiger partial charge in [0.2, 0.25) is 5.88 Å². The summed E-state index contributed by atoms with van der Waals surface area (Å²) in [7, 11) is 1.60. The molecule has 0 atom stereocenters. The molecule has 0 bridgehead atoms. The van der Waals surface area contributed by atoms with Gasteiger partial charge in [0.25, 0.3) is 5.56 Å². The second kappa shape index (κ2) is 5.88. The first-order valence-electron chi connectivity index (χ1n) is 6.33. The largest absolute Gasteiger partial charge is 0.493 e. The summed E-state index contributed by atoms with van der Waals surface area (Å²) in [4.78, 5) is 12.4. The molecule has 0 fully saturated rings. The molecular formula is C15H14Cl2N2O2. The van der Waals surface area contributed by atoms with E-state index in [-0.39, 0.29) is 27.0 Å². The topological polar surface area (TPSA) is 47.2 Å². The molecule has 0 aliphatic rings. The van der Waals surface area contributed by atoms with Crippen LogP contribution in [0.2, 0.25) is 10.0 Å². The quantitative estimate of drug-likeness (QED) is 0.862. The summed E-state index contributed by atoms with van der Waals surface area (Å²) in [6, 6.07) is 3.25. The van der Waals surface area contributed by atoms with Crippen LogP contribution in [-0.2, 0) is 13.6 Å². The molecule has 0 aliphatic heterocycles. The van der Waals surface area contributed by atoms with Crippen molar-refractivity contribution in [1.82, 2.24) is 9.36 Å². The van der Waals surface area contributed by atoms with E-state index in [9.17, 15) is 9.90 Å². The maximum Gasteiger partial charge on any atom is 0.278 e. The van der Waals surface area contributed by atoms with Crippen molar-refractivity contribution in [3.8, 4) is 28.8 Å². The van der Waals surface area contributed by atoms with Gasteiger partial charge in [-0.3, -0.25) is 9.48 Å². The van der Waals surface area contributed by atoms with E-state index in [2.05, 4.69) is 11.8 Å². The molecule has 0 unspecified atom stereocenters. The van der Waals surface area contributed by atoms with Gasteiger partial charge < -0.3 is 5.11 Å². The highest BCUT2D eigenvalue weighted by Crippen LogP contribution is 2.38. The fourth-order valence-electron chi connectivity index (χ4n) is 2.24. The molecule has 0 saturated heterocycles. The van der Waals surface area contributed by atoms with Crippen LogP contribution in [-0.4, -0.2) is 14.5 Å². The third-order valence-corrected chi connectivity index (χ3v) is 3.80. The Balaban J connectivity index is 2.79. The van der Waals surface area contributed by atoms with Gasteiger partial charge in [0.05, 0.1) is 10.0 Å². The van der Waals surface area contributed by atoms with E-state index < -0.39 is 0 Å². The average molecular weight is 325 g/mol. The second-order valence-corrected chi connectivity index (χ2v) is 5.25. The Kier molecular flexibility index (Phi) is 4.36. The van der Waals surface area contributed by atoms with E-state index in [4.69, 9.17) is 23.2 Å². The Hall–Kier alpha value is -1.83. The first-order chi connectivity index (χ1) is 9.92. The van der Waals surface area contributed by atoms with Crippen molar-refractivity contribution >= 4 is 23.2 Å². The van der Waals surface area contributed by atoms with Gasteiger partial charge in [0, 0.05) is 24.7 Å². The van der Waals surface area contributed by atoms with Crippen LogP contribution in [0.3, 0.4) is 0 Å². The summed E-state index contributed by atoms with van der Waals surface area (Å²) in [5, 5.41) is 10.8. The maximum absolute atomic E-state index is 12.4. The van der Waals surface area contributed by atoms with Crippen LogP contribution < -0.4 is 5.56 Å². The SMILES string of the molecule is CC#Cc1cc(Cl)c(-c2c(O)n(C)n(CC)c2=O)c(Cl)c1. The lowest BCUT2D eigenvalue weighted by Gasteiger charge is -2.06. The third kappa shape index (κ3) is 2.55. The molecule has 2 aromatic rings. The molecule has 1 aromatic carbocycles. The van der Waals surface area contributed by atoms with Crippen molar-refractivity contribution in [2.24, 2.45) is 7.05 Å². The maximum atomic E-state index is 12.4. The van der Waals surface area contributed by atoms with E-state index in [1.165, 1.54) is 9.36 Å². The van der Waals surface area contributed by atoms with Crippen molar-refractivity contribution in [1.29, 1.82) is 0 Å². The van der Waals surface area contributed by atoms with Gasteiger partial charge in [-0.1, -0.05) is 29.1 Å². The number of nitrogens with zero attached hydrogens (tertiary/aromatic N) is 2. The van der Waals surface area contributed by atoms with Gasteiger partial charge >= 0.3 is 0 Å². The lowest BCUT2D eigenvalue weighted by molar-refractivity contribution is 0.387. The number of aromatic nitrogens is 2. The van der Waals surface area contributed by atoms with E-state index in [0.717, 1.165) is 0 Å². The van der Waals surface area contributed by atoms with Gasteiger partial charge in [0.1, 0.15) is 5.56 Å². The van der Waals surface area contributed by atoms with Gasteiger partial charge in [-0.2, -0.15) is 0 Å². The van der Waals surface area contributed by atoms with Crippen molar-refractivity contribution < 1.29 is 5.11 Å². The molecule has 1 aromatic heterocycles. The number of hydrogen-bond acceptors (Lipinski definition) is 2. The summed E-state index contributed by atoms with van der Waals surface area (Å²) in [5.74, 6) is 5.44. The first kappa shape index (κ1) is 15.6. The molecule has 0 saturated carbocycles. The molecule has 21 heavy (non-hydrogen) atoms. The zero-order valence-electron chi connectivity index (χ0n) is 11.9. The van der Waals surface area contributed by atoms with Crippen LogP contribution in [0.15, 0.2) is 16.9 Å². The zero-order valence-corrected chi connectivity index (χ0v) is 13.4. The molecule has 1 heterocycles. The van der Waals surface area contributed by atoms with Crippen molar-refractivity contribution in [2.45, 2.75) is 20.4 Å². The number of rotatable bonds is 2. The highest BCUT2D eigenvalue weighted by atomic mass is 35.5. The number of hydrogen-bond donors (Lipinski definition) is 1. The van der Waals surface area contributed by atoms with Crippen LogP contribution in [0.5, 0.6) is 5.88 Å². The lowest BCUT2D eigenvalue weighted by atomic mass is 10.1. The smallest absolute Gasteiger partial charge is 0.278 e. The summed E-state index contributed by atoms with van der Waals surface area (Å²) < 4.78 is 2.78. The summed E-state index contributed by atoms with van der Waals surface area (Å²) in [6.07, 6.45) is 0. The van der Waals surface area contributed by atoms with Crippen LogP contribution >= 0.6 is 23.2 Å². The van der Waals surface area contributed by atoms with Crippen molar-refractivity contribution in [2.75, 3.05) is 0 Å². The molecular weight excluding hydrogens is 311 g/mol. The van der Waals surface area contributed by atoms with E-state index >= 15 is 0 Å². The van der Waals surface area contributed by atoms with Crippen molar-refractivity contribution in [3.05, 3.63) is 38.1 Å². The normalized spacial score (nSPS) is 10.3. The van der Waals surface area contributed by atoms with Crippen molar-refractivity contribution in [3.63, 3.8) is 0 Å². The Labute approximate surface area is 132 Å². The molecule has 4 nitrogen and oxygen atoms in total. The Morgan fingerprint density at radius 1 is 1.24 bits per heavy atom. The van der Waals surface area contributed by atoms with Crippen LogP contribution in [0, 0.1) is 11.8 Å². The standard InChI is InChI=1S/C15H14Cl2N2O2/c1-4-6-9-7-10(16)12(11(17)8-9)13-14(20)18(3)19(5-2)15(13)21/h7-8,20H,5H2,1-3H3. The van der Waals surface area contributed by atoms with E-state index in [1.54, 1.807) is 26.1 Å². The van der Waals surface area contributed by atoms with Gasteiger partial charge in [0.15, 0.2) is 0 Å². The minimum absolute atomic E-state index is 0.102. The highest BCUT2D eigenvalue weighted by Gasteiger charge is 2.23. The number of halogens is 2. The summed E-state index contributed by atoms with van der Waals surface area (Å²) >= 11 is 12.5. The molecule has 6 heteroatoms. The fraction of sp³-hybridized carbons (Fsp3) is 0.267.